The van der Waals surface area contributed by atoms with E-state index in [0.29, 0.717) is 29.4 Å². The summed E-state index contributed by atoms with van der Waals surface area (Å²) in [7, 11) is 0. The molecule has 0 saturated heterocycles. The Kier molecular flexibility index (Phi) is 3.75. The van der Waals surface area contributed by atoms with Crippen LogP contribution >= 0.6 is 11.3 Å². The van der Waals surface area contributed by atoms with E-state index in [0.717, 1.165) is 22.6 Å². The number of imidazole rings is 1. The van der Waals surface area contributed by atoms with Crippen molar-refractivity contribution >= 4 is 34.2 Å². The molecule has 0 saturated carbocycles. The van der Waals surface area contributed by atoms with Crippen LogP contribution in [0.2, 0.25) is 0 Å². The molecule has 2 aromatic heterocycles. The Morgan fingerprint density at radius 1 is 1.11 bits per heavy atom. The number of para-hydroxylation sites is 2. The predicted octanol–water partition coefficient (Wildman–Crippen LogP) is 3.88. The smallest absolute Gasteiger partial charge is 0.272 e. The molecule has 5 nitrogen and oxygen atoms in total. The summed E-state index contributed by atoms with van der Waals surface area (Å²) >= 11 is 1.31. The minimum atomic E-state index is -0.256. The van der Waals surface area contributed by atoms with Gasteiger partial charge in [-0.1, -0.05) is 30.3 Å². The SMILES string of the molecule is O=C(c1cnc(Cc2ccccc2F)s1)N1CCn2c1nc1ccccc12. The second-order valence-corrected chi connectivity index (χ2v) is 7.51. The van der Waals surface area contributed by atoms with Gasteiger partial charge >= 0.3 is 0 Å². The van der Waals surface area contributed by atoms with E-state index in [4.69, 9.17) is 0 Å². The molecule has 2 aromatic carbocycles. The van der Waals surface area contributed by atoms with E-state index in [1.807, 2.05) is 24.3 Å². The van der Waals surface area contributed by atoms with Gasteiger partial charge in [-0.05, 0) is 23.8 Å². The lowest BCUT2D eigenvalue weighted by Gasteiger charge is -2.11. The molecule has 1 aliphatic rings. The second kappa shape index (κ2) is 6.28. The largest absolute Gasteiger partial charge is 0.308 e. The zero-order valence-electron chi connectivity index (χ0n) is 14.3. The Hall–Kier alpha value is -3.06. The summed E-state index contributed by atoms with van der Waals surface area (Å²) in [6, 6.07) is 14.5. The molecule has 5 rings (SSSR count). The number of amides is 1. The van der Waals surface area contributed by atoms with Crippen LogP contribution in [0.25, 0.3) is 11.0 Å². The van der Waals surface area contributed by atoms with Gasteiger partial charge in [0.2, 0.25) is 5.95 Å². The topological polar surface area (TPSA) is 51.0 Å². The highest BCUT2D eigenvalue weighted by Gasteiger charge is 2.30. The Balaban J connectivity index is 1.42. The van der Waals surface area contributed by atoms with Crippen LogP contribution in [0.4, 0.5) is 10.3 Å². The minimum absolute atomic E-state index is 0.110. The summed E-state index contributed by atoms with van der Waals surface area (Å²) in [5.41, 5.74) is 2.50. The molecule has 0 bridgehead atoms. The molecule has 0 fully saturated rings. The normalized spacial score (nSPS) is 13.3. The molecule has 0 spiro atoms. The van der Waals surface area contributed by atoms with E-state index in [9.17, 15) is 9.18 Å². The summed E-state index contributed by atoms with van der Waals surface area (Å²) in [5, 5.41) is 0.719. The van der Waals surface area contributed by atoms with Crippen LogP contribution in [0.15, 0.2) is 54.7 Å². The van der Waals surface area contributed by atoms with E-state index in [1.54, 1.807) is 29.3 Å². The van der Waals surface area contributed by atoms with Gasteiger partial charge in [-0.2, -0.15) is 0 Å². The van der Waals surface area contributed by atoms with E-state index in [-0.39, 0.29) is 11.7 Å². The number of fused-ring (bicyclic) bond motifs is 3. The first-order valence-corrected chi connectivity index (χ1v) is 9.47. The molecular formula is C20H15FN4OS. The third-order valence-electron chi connectivity index (χ3n) is 4.73. The lowest BCUT2D eigenvalue weighted by Crippen LogP contribution is -2.28. The van der Waals surface area contributed by atoms with Gasteiger partial charge in [0, 0.05) is 19.5 Å². The maximum atomic E-state index is 13.8. The summed E-state index contributed by atoms with van der Waals surface area (Å²) in [4.78, 5) is 24.2. The number of hydrogen-bond donors (Lipinski definition) is 0. The van der Waals surface area contributed by atoms with E-state index in [1.165, 1.54) is 17.4 Å². The van der Waals surface area contributed by atoms with Crippen LogP contribution in [-0.4, -0.2) is 27.0 Å². The van der Waals surface area contributed by atoms with Crippen molar-refractivity contribution in [3.8, 4) is 0 Å². The molecule has 0 aliphatic carbocycles. The van der Waals surface area contributed by atoms with Crippen LogP contribution in [0, 0.1) is 5.82 Å². The number of carbonyl (C=O) groups is 1. The minimum Gasteiger partial charge on any atom is -0.308 e. The van der Waals surface area contributed by atoms with E-state index >= 15 is 0 Å². The Morgan fingerprint density at radius 2 is 1.93 bits per heavy atom. The molecule has 7 heteroatoms. The molecule has 0 atom stereocenters. The fraction of sp³-hybridized carbons (Fsp3) is 0.150. The van der Waals surface area contributed by atoms with Crippen LogP contribution in [0.3, 0.4) is 0 Å². The van der Waals surface area contributed by atoms with Crippen molar-refractivity contribution in [3.05, 3.63) is 76.0 Å². The Labute approximate surface area is 158 Å². The number of carbonyl (C=O) groups excluding carboxylic acids is 1. The molecule has 0 radical (unpaired) electrons. The molecule has 0 unspecified atom stereocenters. The first kappa shape index (κ1) is 16.1. The number of hydrogen-bond acceptors (Lipinski definition) is 4. The first-order valence-electron chi connectivity index (χ1n) is 8.66. The van der Waals surface area contributed by atoms with Crippen LogP contribution < -0.4 is 4.90 Å². The van der Waals surface area contributed by atoms with E-state index in [2.05, 4.69) is 14.5 Å². The highest BCUT2D eigenvalue weighted by molar-refractivity contribution is 7.13. The number of benzene rings is 2. The lowest BCUT2D eigenvalue weighted by molar-refractivity contribution is 0.0992. The van der Waals surface area contributed by atoms with Gasteiger partial charge in [0.15, 0.2) is 0 Å². The number of thiazole rings is 1. The quantitative estimate of drug-likeness (QED) is 0.544. The highest BCUT2D eigenvalue weighted by atomic mass is 32.1. The van der Waals surface area contributed by atoms with Crippen LogP contribution in [0.1, 0.15) is 20.2 Å². The van der Waals surface area contributed by atoms with Gasteiger partial charge in [0.1, 0.15) is 10.7 Å². The monoisotopic (exact) mass is 378 g/mol. The molecule has 1 amide bonds. The van der Waals surface area contributed by atoms with Gasteiger partial charge < -0.3 is 4.57 Å². The number of aromatic nitrogens is 3. The molecule has 4 aromatic rings. The highest BCUT2D eigenvalue weighted by Crippen LogP contribution is 2.29. The first-order chi connectivity index (χ1) is 13.2. The Bertz CT molecular complexity index is 1170. The van der Waals surface area contributed by atoms with Gasteiger partial charge in [-0.25, -0.2) is 14.4 Å². The van der Waals surface area contributed by atoms with Gasteiger partial charge in [0.25, 0.3) is 5.91 Å². The average molecular weight is 378 g/mol. The fourth-order valence-corrected chi connectivity index (χ4v) is 4.30. The van der Waals surface area contributed by atoms with Crippen molar-refractivity contribution < 1.29 is 9.18 Å². The van der Waals surface area contributed by atoms with Crippen molar-refractivity contribution in [1.29, 1.82) is 0 Å². The van der Waals surface area contributed by atoms with E-state index < -0.39 is 0 Å². The van der Waals surface area contributed by atoms with Gasteiger partial charge in [-0.15, -0.1) is 11.3 Å². The average Bonchev–Trinajstić information content (AvgIpc) is 3.38. The summed E-state index contributed by atoms with van der Waals surface area (Å²) in [6.07, 6.45) is 1.96. The second-order valence-electron chi connectivity index (χ2n) is 6.40. The van der Waals surface area contributed by atoms with Crippen molar-refractivity contribution in [3.63, 3.8) is 0 Å². The maximum absolute atomic E-state index is 13.8. The molecule has 0 N–H and O–H groups in total. The number of anilines is 1. The van der Waals surface area contributed by atoms with Gasteiger partial charge in [-0.3, -0.25) is 9.69 Å². The third-order valence-corrected chi connectivity index (χ3v) is 5.72. The molecule has 134 valence electrons. The summed E-state index contributed by atoms with van der Waals surface area (Å²) < 4.78 is 15.9. The zero-order chi connectivity index (χ0) is 18.4. The number of nitrogens with zero attached hydrogens (tertiary/aromatic N) is 4. The summed E-state index contributed by atoms with van der Waals surface area (Å²) in [6.45, 7) is 1.31. The van der Waals surface area contributed by atoms with Gasteiger partial charge in [0.05, 0.1) is 22.2 Å². The molecule has 27 heavy (non-hydrogen) atoms. The van der Waals surface area contributed by atoms with Crippen molar-refractivity contribution in [2.24, 2.45) is 0 Å². The predicted molar refractivity (Wildman–Crippen MR) is 103 cm³/mol. The molecular weight excluding hydrogens is 363 g/mol. The standard InChI is InChI=1S/C20H15FN4OS/c21-14-6-2-1-5-13(14)11-18-22-12-17(27-18)19(26)25-10-9-24-16-8-4-3-7-15(16)23-20(24)25/h1-8,12H,9-11H2. The molecule has 1 aliphatic heterocycles. The summed E-state index contributed by atoms with van der Waals surface area (Å²) in [5.74, 6) is 0.306. The fourth-order valence-electron chi connectivity index (χ4n) is 3.41. The molecule has 3 heterocycles. The maximum Gasteiger partial charge on any atom is 0.272 e. The van der Waals surface area contributed by atoms with Crippen molar-refractivity contribution in [2.45, 2.75) is 13.0 Å². The van der Waals surface area contributed by atoms with Crippen molar-refractivity contribution in [2.75, 3.05) is 11.4 Å². The number of rotatable bonds is 3. The third kappa shape index (κ3) is 2.71. The Morgan fingerprint density at radius 3 is 2.81 bits per heavy atom. The zero-order valence-corrected chi connectivity index (χ0v) is 15.1. The van der Waals surface area contributed by atoms with Crippen LogP contribution in [0.5, 0.6) is 0 Å². The lowest BCUT2D eigenvalue weighted by atomic mass is 10.1. The van der Waals surface area contributed by atoms with Crippen molar-refractivity contribution in [1.82, 2.24) is 14.5 Å². The number of halogens is 1. The van der Waals surface area contributed by atoms with Crippen LogP contribution in [-0.2, 0) is 13.0 Å².